The molecule has 0 aromatic rings. The number of carbonyl (C=O) groups excluding carboxylic acids is 1. The molecule has 0 spiro atoms. The number of unbranched alkanes of at least 4 members (excludes halogenated alkanes) is 14. The van der Waals surface area contributed by atoms with Crippen molar-refractivity contribution in [3.8, 4) is 0 Å². The SMILES string of the molecule is CCCCCCCCCCN(CCCCCCCCCC)C(=O)C(N)CCCN=C(N)N. The zero-order valence-corrected chi connectivity index (χ0v) is 21.5. The van der Waals surface area contributed by atoms with Crippen molar-refractivity contribution in [3.63, 3.8) is 0 Å². The molecule has 0 aliphatic carbocycles. The molecule has 6 heteroatoms. The largest absolute Gasteiger partial charge is 0.370 e. The minimum atomic E-state index is -0.452. The summed E-state index contributed by atoms with van der Waals surface area (Å²) < 4.78 is 0. The van der Waals surface area contributed by atoms with Crippen LogP contribution in [0.4, 0.5) is 0 Å². The van der Waals surface area contributed by atoms with Crippen LogP contribution in [-0.4, -0.2) is 42.4 Å². The molecule has 0 saturated carbocycles. The molecule has 0 rings (SSSR count). The van der Waals surface area contributed by atoms with Crippen molar-refractivity contribution in [1.29, 1.82) is 0 Å². The molecule has 0 aliphatic heterocycles. The zero-order chi connectivity index (χ0) is 23.9. The van der Waals surface area contributed by atoms with Gasteiger partial charge >= 0.3 is 0 Å². The highest BCUT2D eigenvalue weighted by Gasteiger charge is 2.20. The third kappa shape index (κ3) is 19.4. The van der Waals surface area contributed by atoms with Gasteiger partial charge in [0.2, 0.25) is 5.91 Å². The fourth-order valence-electron chi connectivity index (χ4n) is 4.08. The van der Waals surface area contributed by atoms with Gasteiger partial charge in [0.05, 0.1) is 6.04 Å². The number of rotatable bonds is 23. The summed E-state index contributed by atoms with van der Waals surface area (Å²) in [5, 5.41) is 0. The molecule has 0 aromatic heterocycles. The van der Waals surface area contributed by atoms with Crippen molar-refractivity contribution in [2.24, 2.45) is 22.2 Å². The summed E-state index contributed by atoms with van der Waals surface area (Å²) in [6.45, 7) is 6.71. The Morgan fingerprint density at radius 2 is 1.09 bits per heavy atom. The molecule has 0 radical (unpaired) electrons. The highest BCUT2D eigenvalue weighted by atomic mass is 16.2. The lowest BCUT2D eigenvalue weighted by Crippen LogP contribution is -2.44. The summed E-state index contributed by atoms with van der Waals surface area (Å²) in [4.78, 5) is 19.0. The Labute approximate surface area is 199 Å². The third-order valence-corrected chi connectivity index (χ3v) is 6.16. The van der Waals surface area contributed by atoms with Crippen molar-refractivity contribution in [1.82, 2.24) is 4.90 Å². The summed E-state index contributed by atoms with van der Waals surface area (Å²) in [6.07, 6.45) is 21.8. The molecule has 0 fully saturated rings. The molecule has 6 N–H and O–H groups in total. The first-order valence-electron chi connectivity index (χ1n) is 13.6. The second-order valence-corrected chi connectivity index (χ2v) is 9.33. The van der Waals surface area contributed by atoms with E-state index < -0.39 is 6.04 Å². The molecular formula is C26H55N5O. The van der Waals surface area contributed by atoms with E-state index >= 15 is 0 Å². The van der Waals surface area contributed by atoms with Crippen LogP contribution in [0.5, 0.6) is 0 Å². The van der Waals surface area contributed by atoms with Crippen molar-refractivity contribution in [2.45, 2.75) is 135 Å². The van der Waals surface area contributed by atoms with E-state index in [1.54, 1.807) is 0 Å². The van der Waals surface area contributed by atoms with E-state index in [9.17, 15) is 4.79 Å². The van der Waals surface area contributed by atoms with Gasteiger partial charge in [-0.25, -0.2) is 0 Å². The van der Waals surface area contributed by atoms with Gasteiger partial charge in [-0.2, -0.15) is 0 Å². The number of nitrogens with two attached hydrogens (primary N) is 3. The molecule has 0 heterocycles. The summed E-state index contributed by atoms with van der Waals surface area (Å²) in [5.74, 6) is 0.191. The number of nitrogens with zero attached hydrogens (tertiary/aromatic N) is 2. The number of aliphatic imine (C=N–C) groups is 1. The molecule has 32 heavy (non-hydrogen) atoms. The zero-order valence-electron chi connectivity index (χ0n) is 21.5. The molecule has 1 unspecified atom stereocenters. The number of hydrogen-bond donors (Lipinski definition) is 3. The lowest BCUT2D eigenvalue weighted by Gasteiger charge is -2.26. The van der Waals surface area contributed by atoms with Crippen LogP contribution in [0.3, 0.4) is 0 Å². The van der Waals surface area contributed by atoms with Crippen molar-refractivity contribution in [3.05, 3.63) is 0 Å². The molecular weight excluding hydrogens is 398 g/mol. The molecule has 1 amide bonds. The number of carbonyl (C=O) groups is 1. The lowest BCUT2D eigenvalue weighted by atomic mass is 10.1. The maximum Gasteiger partial charge on any atom is 0.239 e. The first-order valence-corrected chi connectivity index (χ1v) is 13.6. The summed E-state index contributed by atoms with van der Waals surface area (Å²) in [7, 11) is 0. The van der Waals surface area contributed by atoms with Gasteiger partial charge in [-0.15, -0.1) is 0 Å². The lowest BCUT2D eigenvalue weighted by molar-refractivity contribution is -0.133. The van der Waals surface area contributed by atoms with Crippen LogP contribution in [0.2, 0.25) is 0 Å². The second kappa shape index (κ2) is 22.9. The Bertz CT molecular complexity index is 431. The highest BCUT2D eigenvalue weighted by molar-refractivity contribution is 5.81. The second-order valence-electron chi connectivity index (χ2n) is 9.33. The summed E-state index contributed by atoms with van der Waals surface area (Å²) in [6, 6.07) is -0.452. The summed E-state index contributed by atoms with van der Waals surface area (Å²) in [5.41, 5.74) is 17.0. The average Bonchev–Trinajstić information content (AvgIpc) is 2.78. The smallest absolute Gasteiger partial charge is 0.239 e. The monoisotopic (exact) mass is 453 g/mol. The van der Waals surface area contributed by atoms with Gasteiger partial charge in [-0.3, -0.25) is 9.79 Å². The molecule has 0 aliphatic rings. The Hall–Kier alpha value is -1.30. The third-order valence-electron chi connectivity index (χ3n) is 6.16. The quantitative estimate of drug-likeness (QED) is 0.108. The van der Waals surface area contributed by atoms with Crippen LogP contribution in [0, 0.1) is 0 Å². The normalized spacial score (nSPS) is 12.0. The van der Waals surface area contributed by atoms with E-state index in [4.69, 9.17) is 17.2 Å². The van der Waals surface area contributed by atoms with Gasteiger partial charge in [0.25, 0.3) is 0 Å². The molecule has 190 valence electrons. The van der Waals surface area contributed by atoms with Crippen molar-refractivity contribution >= 4 is 11.9 Å². The minimum absolute atomic E-state index is 0.0934. The predicted molar refractivity (Wildman–Crippen MR) is 140 cm³/mol. The van der Waals surface area contributed by atoms with E-state index in [-0.39, 0.29) is 11.9 Å². The maximum absolute atomic E-state index is 13.0. The van der Waals surface area contributed by atoms with Gasteiger partial charge in [0.1, 0.15) is 0 Å². The van der Waals surface area contributed by atoms with E-state index in [0.29, 0.717) is 13.0 Å². The van der Waals surface area contributed by atoms with Crippen molar-refractivity contribution in [2.75, 3.05) is 19.6 Å². The Kier molecular flexibility index (Phi) is 21.9. The Morgan fingerprint density at radius 3 is 1.50 bits per heavy atom. The van der Waals surface area contributed by atoms with E-state index in [1.807, 2.05) is 4.90 Å². The van der Waals surface area contributed by atoms with E-state index in [0.717, 1.165) is 32.4 Å². The van der Waals surface area contributed by atoms with Gasteiger partial charge in [0, 0.05) is 19.6 Å². The Balaban J connectivity index is 4.29. The molecule has 6 nitrogen and oxygen atoms in total. The highest BCUT2D eigenvalue weighted by Crippen LogP contribution is 2.12. The number of hydrogen-bond acceptors (Lipinski definition) is 3. The molecule has 0 aromatic carbocycles. The topological polar surface area (TPSA) is 111 Å². The Morgan fingerprint density at radius 1 is 0.688 bits per heavy atom. The molecule has 0 bridgehead atoms. The van der Waals surface area contributed by atoms with Crippen LogP contribution in [0.15, 0.2) is 4.99 Å². The van der Waals surface area contributed by atoms with Gasteiger partial charge in [-0.1, -0.05) is 104 Å². The number of guanidine groups is 1. The average molecular weight is 454 g/mol. The van der Waals surface area contributed by atoms with Crippen molar-refractivity contribution < 1.29 is 4.79 Å². The van der Waals surface area contributed by atoms with E-state index in [2.05, 4.69) is 18.8 Å². The van der Waals surface area contributed by atoms with Crippen LogP contribution in [0.25, 0.3) is 0 Å². The first kappa shape index (κ1) is 30.7. The van der Waals surface area contributed by atoms with Gasteiger partial charge < -0.3 is 22.1 Å². The summed E-state index contributed by atoms with van der Waals surface area (Å²) >= 11 is 0. The van der Waals surface area contributed by atoms with Gasteiger partial charge in [-0.05, 0) is 25.7 Å². The minimum Gasteiger partial charge on any atom is -0.370 e. The molecule has 1 atom stereocenters. The number of amides is 1. The van der Waals surface area contributed by atoms with Crippen LogP contribution < -0.4 is 17.2 Å². The fraction of sp³-hybridized carbons (Fsp3) is 0.923. The first-order chi connectivity index (χ1) is 15.5. The maximum atomic E-state index is 13.0. The van der Waals surface area contributed by atoms with Crippen LogP contribution >= 0.6 is 0 Å². The van der Waals surface area contributed by atoms with Gasteiger partial charge in [0.15, 0.2) is 5.96 Å². The predicted octanol–water partition coefficient (Wildman–Crippen LogP) is 5.48. The standard InChI is InChI=1S/C26H55N5O/c1-3-5-7-9-11-13-15-17-22-31(23-18-16-14-12-10-8-6-4-2)25(32)24(27)20-19-21-30-26(28)29/h24H,3-23,27H2,1-2H3,(H4,28,29,30). The van der Waals surface area contributed by atoms with Crippen LogP contribution in [0.1, 0.15) is 129 Å². The van der Waals surface area contributed by atoms with E-state index in [1.165, 1.54) is 89.9 Å². The fourth-order valence-corrected chi connectivity index (χ4v) is 4.08. The van der Waals surface area contributed by atoms with Crippen LogP contribution in [-0.2, 0) is 4.79 Å². The molecule has 0 saturated heterocycles.